The fourth-order valence-electron chi connectivity index (χ4n) is 2.87. The number of rotatable bonds is 6. The van der Waals surface area contributed by atoms with Gasteiger partial charge in [-0.15, -0.1) is 0 Å². The van der Waals surface area contributed by atoms with Crippen molar-refractivity contribution in [2.75, 3.05) is 52.2 Å². The Bertz CT molecular complexity index is 746. The van der Waals surface area contributed by atoms with E-state index in [0.717, 1.165) is 39.3 Å². The highest BCUT2D eigenvalue weighted by atomic mass is 16.5. The van der Waals surface area contributed by atoms with Crippen LogP contribution in [0, 0.1) is 0 Å². The van der Waals surface area contributed by atoms with Crippen LogP contribution in [0.2, 0.25) is 0 Å². The molecule has 134 valence electrons. The summed E-state index contributed by atoms with van der Waals surface area (Å²) in [5, 5.41) is 3.58. The number of nitrogen functional groups attached to an aromatic ring is 1. The van der Waals surface area contributed by atoms with E-state index in [1.54, 1.807) is 12.1 Å². The molecule has 8 heteroatoms. The molecule has 0 unspecified atom stereocenters. The van der Waals surface area contributed by atoms with Crippen molar-refractivity contribution < 1.29 is 14.3 Å². The highest BCUT2D eigenvalue weighted by molar-refractivity contribution is 6.02. The molecule has 2 aromatic rings. The maximum Gasteiger partial charge on any atom is 0.255 e. The second-order valence-electron chi connectivity index (χ2n) is 5.89. The van der Waals surface area contributed by atoms with E-state index in [2.05, 4.69) is 20.2 Å². The summed E-state index contributed by atoms with van der Waals surface area (Å²) in [6, 6.07) is 3.39. The number of benzene rings is 1. The van der Waals surface area contributed by atoms with Crippen molar-refractivity contribution in [3.8, 4) is 5.75 Å². The predicted octanol–water partition coefficient (Wildman–Crippen LogP) is 0.673. The van der Waals surface area contributed by atoms with Crippen molar-refractivity contribution in [3.05, 3.63) is 24.0 Å². The van der Waals surface area contributed by atoms with Gasteiger partial charge < -0.3 is 20.5 Å². The average molecular weight is 345 g/mol. The highest BCUT2D eigenvalue weighted by Gasteiger charge is 2.16. The molecule has 0 saturated carbocycles. The third kappa shape index (κ3) is 4.15. The monoisotopic (exact) mass is 345 g/mol. The second kappa shape index (κ2) is 8.09. The number of methoxy groups -OCH3 is 1. The Morgan fingerprint density at radius 2 is 2.16 bits per heavy atom. The molecule has 1 aromatic carbocycles. The molecule has 2 heterocycles. The number of nitrogens with one attached hydrogen (secondary N) is 1. The van der Waals surface area contributed by atoms with Gasteiger partial charge in [0.15, 0.2) is 0 Å². The minimum atomic E-state index is -0.191. The zero-order valence-electron chi connectivity index (χ0n) is 14.3. The zero-order chi connectivity index (χ0) is 17.6. The van der Waals surface area contributed by atoms with Crippen LogP contribution in [0.15, 0.2) is 18.5 Å². The van der Waals surface area contributed by atoms with Crippen molar-refractivity contribution in [1.82, 2.24) is 20.2 Å². The lowest BCUT2D eigenvalue weighted by atomic mass is 10.1. The Balaban J connectivity index is 1.63. The summed E-state index contributed by atoms with van der Waals surface area (Å²) >= 11 is 0. The first-order valence-corrected chi connectivity index (χ1v) is 8.35. The largest absolute Gasteiger partial charge is 0.496 e. The molecule has 1 aliphatic heterocycles. The summed E-state index contributed by atoms with van der Waals surface area (Å²) in [6.07, 6.45) is 2.27. The van der Waals surface area contributed by atoms with Gasteiger partial charge in [-0.1, -0.05) is 0 Å². The van der Waals surface area contributed by atoms with Crippen molar-refractivity contribution in [3.63, 3.8) is 0 Å². The Labute approximate surface area is 146 Å². The van der Waals surface area contributed by atoms with Gasteiger partial charge in [0.05, 0.1) is 31.4 Å². The van der Waals surface area contributed by atoms with E-state index in [-0.39, 0.29) is 5.91 Å². The van der Waals surface area contributed by atoms with Gasteiger partial charge in [-0.2, -0.15) is 0 Å². The van der Waals surface area contributed by atoms with Gasteiger partial charge in [0, 0.05) is 31.1 Å². The lowest BCUT2D eigenvalue weighted by molar-refractivity contribution is 0.0374. The van der Waals surface area contributed by atoms with Crippen LogP contribution in [0.1, 0.15) is 16.8 Å². The summed E-state index contributed by atoms with van der Waals surface area (Å²) in [5.74, 6) is 0.620. The standard InChI is InChI=1S/C17H23N5O3/c1-24-15-10-14-12(16(18)21-11-20-14)9-13(15)17(23)19-3-2-4-22-5-7-25-8-6-22/h9-11H,2-8H2,1H3,(H,19,23)(H2,18,20,21). The lowest BCUT2D eigenvalue weighted by Crippen LogP contribution is -2.38. The Kier molecular flexibility index (Phi) is 5.62. The van der Waals surface area contributed by atoms with E-state index in [1.807, 2.05) is 0 Å². The number of aromatic nitrogens is 2. The smallest absolute Gasteiger partial charge is 0.255 e. The van der Waals surface area contributed by atoms with Gasteiger partial charge in [0.2, 0.25) is 0 Å². The van der Waals surface area contributed by atoms with Crippen LogP contribution in [0.3, 0.4) is 0 Å². The number of carbonyl (C=O) groups excluding carboxylic acids is 1. The molecule has 25 heavy (non-hydrogen) atoms. The first-order valence-electron chi connectivity index (χ1n) is 8.35. The topological polar surface area (TPSA) is 103 Å². The summed E-state index contributed by atoms with van der Waals surface area (Å²) in [6.45, 7) is 5.00. The molecular formula is C17H23N5O3. The lowest BCUT2D eigenvalue weighted by Gasteiger charge is -2.26. The molecule has 0 bridgehead atoms. The SMILES string of the molecule is COc1cc2ncnc(N)c2cc1C(=O)NCCCN1CCOCC1. The van der Waals surface area contributed by atoms with E-state index < -0.39 is 0 Å². The normalized spacial score (nSPS) is 15.2. The van der Waals surface area contributed by atoms with E-state index in [0.29, 0.717) is 34.6 Å². The third-order valence-corrected chi connectivity index (χ3v) is 4.27. The van der Waals surface area contributed by atoms with Crippen molar-refractivity contribution in [2.45, 2.75) is 6.42 Å². The first kappa shape index (κ1) is 17.4. The van der Waals surface area contributed by atoms with Gasteiger partial charge in [-0.25, -0.2) is 9.97 Å². The quantitative estimate of drug-likeness (QED) is 0.742. The van der Waals surface area contributed by atoms with Crippen LogP contribution in [-0.4, -0.2) is 67.3 Å². The van der Waals surface area contributed by atoms with Gasteiger partial charge in [-0.3, -0.25) is 9.69 Å². The summed E-state index contributed by atoms with van der Waals surface area (Å²) < 4.78 is 10.7. The van der Waals surface area contributed by atoms with Crippen LogP contribution in [0.5, 0.6) is 5.75 Å². The van der Waals surface area contributed by atoms with Crippen LogP contribution in [0.25, 0.3) is 10.9 Å². The van der Waals surface area contributed by atoms with Gasteiger partial charge in [0.25, 0.3) is 5.91 Å². The molecule has 0 aliphatic carbocycles. The third-order valence-electron chi connectivity index (χ3n) is 4.27. The van der Waals surface area contributed by atoms with Gasteiger partial charge >= 0.3 is 0 Å². The number of anilines is 1. The molecular weight excluding hydrogens is 322 g/mol. The van der Waals surface area contributed by atoms with Crippen molar-refractivity contribution in [1.29, 1.82) is 0 Å². The molecule has 0 atom stereocenters. The molecule has 3 rings (SSSR count). The fourth-order valence-corrected chi connectivity index (χ4v) is 2.87. The molecule has 0 spiro atoms. The molecule has 1 saturated heterocycles. The maximum atomic E-state index is 12.5. The number of nitrogens with zero attached hydrogens (tertiary/aromatic N) is 3. The Morgan fingerprint density at radius 3 is 2.92 bits per heavy atom. The van der Waals surface area contributed by atoms with Gasteiger partial charge in [-0.05, 0) is 19.0 Å². The fraction of sp³-hybridized carbons (Fsp3) is 0.471. The minimum absolute atomic E-state index is 0.191. The number of ether oxygens (including phenoxy) is 2. The molecule has 1 aliphatic rings. The minimum Gasteiger partial charge on any atom is -0.496 e. The first-order chi connectivity index (χ1) is 12.2. The van der Waals surface area contributed by atoms with E-state index in [1.165, 1.54) is 13.4 Å². The number of fused-ring (bicyclic) bond motifs is 1. The zero-order valence-corrected chi connectivity index (χ0v) is 14.3. The van der Waals surface area contributed by atoms with Crippen molar-refractivity contribution >= 4 is 22.6 Å². The van der Waals surface area contributed by atoms with E-state index in [4.69, 9.17) is 15.2 Å². The molecule has 1 amide bonds. The summed E-state index contributed by atoms with van der Waals surface area (Å²) in [4.78, 5) is 23.0. The molecule has 0 radical (unpaired) electrons. The molecule has 8 nitrogen and oxygen atoms in total. The van der Waals surface area contributed by atoms with Gasteiger partial charge in [0.1, 0.15) is 17.9 Å². The van der Waals surface area contributed by atoms with Crippen molar-refractivity contribution in [2.24, 2.45) is 0 Å². The number of hydrogen-bond acceptors (Lipinski definition) is 7. The highest BCUT2D eigenvalue weighted by Crippen LogP contribution is 2.26. The number of morpholine rings is 1. The van der Waals surface area contributed by atoms with E-state index >= 15 is 0 Å². The van der Waals surface area contributed by atoms with Crippen LogP contribution in [0.4, 0.5) is 5.82 Å². The molecule has 1 aromatic heterocycles. The van der Waals surface area contributed by atoms with Crippen LogP contribution in [-0.2, 0) is 4.74 Å². The van der Waals surface area contributed by atoms with Crippen LogP contribution >= 0.6 is 0 Å². The number of nitrogens with two attached hydrogens (primary N) is 1. The Hall–Kier alpha value is -2.45. The maximum absolute atomic E-state index is 12.5. The summed E-state index contributed by atoms with van der Waals surface area (Å²) in [5.41, 5.74) is 6.96. The number of hydrogen-bond donors (Lipinski definition) is 2. The average Bonchev–Trinajstić information content (AvgIpc) is 2.65. The Morgan fingerprint density at radius 1 is 1.36 bits per heavy atom. The summed E-state index contributed by atoms with van der Waals surface area (Å²) in [7, 11) is 1.53. The number of carbonyl (C=O) groups is 1. The van der Waals surface area contributed by atoms with E-state index in [9.17, 15) is 4.79 Å². The molecule has 3 N–H and O–H groups in total. The predicted molar refractivity (Wildman–Crippen MR) is 94.7 cm³/mol. The second-order valence-corrected chi connectivity index (χ2v) is 5.89. The number of amides is 1. The molecule has 1 fully saturated rings. The van der Waals surface area contributed by atoms with Crippen LogP contribution < -0.4 is 15.8 Å².